The molecule has 3 saturated heterocycles. The predicted molar refractivity (Wildman–Crippen MR) is 133 cm³/mol. The Morgan fingerprint density at radius 1 is 0.750 bits per heavy atom. The summed E-state index contributed by atoms with van der Waals surface area (Å²) >= 11 is 0. The van der Waals surface area contributed by atoms with Gasteiger partial charge < -0.3 is 30.2 Å². The molecule has 32 heavy (non-hydrogen) atoms. The Kier molecular flexibility index (Phi) is 14.0. The highest BCUT2D eigenvalue weighted by Gasteiger charge is 2.21. The van der Waals surface area contributed by atoms with Crippen LogP contribution in [0.1, 0.15) is 52.4 Å². The van der Waals surface area contributed by atoms with Gasteiger partial charge in [-0.2, -0.15) is 0 Å². The van der Waals surface area contributed by atoms with Crippen LogP contribution in [0.4, 0.5) is 0 Å². The Bertz CT molecular complexity index is 525. The maximum absolute atomic E-state index is 11.0. The van der Waals surface area contributed by atoms with Gasteiger partial charge in [0.15, 0.2) is 0 Å². The van der Waals surface area contributed by atoms with Crippen molar-refractivity contribution in [1.29, 1.82) is 0 Å². The van der Waals surface area contributed by atoms with Crippen molar-refractivity contribution in [3.05, 3.63) is 0 Å². The summed E-state index contributed by atoms with van der Waals surface area (Å²) < 4.78 is 0. The van der Waals surface area contributed by atoms with Gasteiger partial charge in [-0.15, -0.1) is 0 Å². The van der Waals surface area contributed by atoms with Gasteiger partial charge in [-0.25, -0.2) is 0 Å². The molecule has 3 heterocycles. The monoisotopic (exact) mass is 454 g/mol. The number of piperidine rings is 3. The van der Waals surface area contributed by atoms with Gasteiger partial charge in [-0.3, -0.25) is 9.59 Å². The molecule has 3 aliphatic heterocycles. The lowest BCUT2D eigenvalue weighted by atomic mass is 10.0. The lowest BCUT2D eigenvalue weighted by molar-refractivity contribution is -0.131. The SMILES string of the molecule is CC(=O)N(C)C1CCN(C)CC1.CC(=O)N(C)C1CCNCC1.CNC1CCN(C)CC1. The first kappa shape index (κ1) is 28.8. The minimum absolute atomic E-state index is 0.178. The molecule has 3 aliphatic rings. The standard InChI is InChI=1S/C9H18N2O.C8H16N2O.C7H16N2/c1-8(12)11(3)9-4-6-10(2)7-5-9;1-7(11)10(2)8-3-5-9-6-4-8;1-8-7-3-5-9(2)6-4-7/h9H,4-7H2,1-3H3;8-9H,3-6H2,1-2H3;7-8H,3-6H2,1-2H3. The molecular formula is C24H50N6O2. The summed E-state index contributed by atoms with van der Waals surface area (Å²) in [6.45, 7) is 10.1. The molecule has 0 aromatic heterocycles. The Hall–Kier alpha value is -1.22. The summed E-state index contributed by atoms with van der Waals surface area (Å²) in [5.41, 5.74) is 0. The number of carbonyl (C=O) groups is 2. The Balaban J connectivity index is 0.000000242. The molecule has 0 aromatic rings. The Morgan fingerprint density at radius 2 is 1.12 bits per heavy atom. The zero-order chi connectivity index (χ0) is 24.1. The highest BCUT2D eigenvalue weighted by atomic mass is 16.2. The first-order valence-corrected chi connectivity index (χ1v) is 12.4. The summed E-state index contributed by atoms with van der Waals surface area (Å²) in [6, 6.07) is 1.72. The number of hydrogen-bond acceptors (Lipinski definition) is 6. The van der Waals surface area contributed by atoms with Crippen LogP contribution in [0.3, 0.4) is 0 Å². The fraction of sp³-hybridized carbons (Fsp3) is 0.917. The number of carbonyl (C=O) groups excluding carboxylic acids is 2. The van der Waals surface area contributed by atoms with Gasteiger partial charge in [-0.05, 0) is 98.9 Å². The highest BCUT2D eigenvalue weighted by Crippen LogP contribution is 2.13. The number of nitrogens with one attached hydrogen (secondary N) is 2. The van der Waals surface area contributed by atoms with Crippen molar-refractivity contribution in [2.75, 3.05) is 74.5 Å². The normalized spacial score (nSPS) is 21.6. The molecule has 0 aromatic carbocycles. The van der Waals surface area contributed by atoms with Gasteiger partial charge in [0.1, 0.15) is 0 Å². The van der Waals surface area contributed by atoms with Crippen LogP contribution in [-0.2, 0) is 9.59 Å². The van der Waals surface area contributed by atoms with E-state index in [0.29, 0.717) is 12.1 Å². The molecule has 0 bridgehead atoms. The summed E-state index contributed by atoms with van der Waals surface area (Å²) in [7, 11) is 10.2. The molecule has 3 rings (SSSR count). The second kappa shape index (κ2) is 15.6. The van der Waals surface area contributed by atoms with Crippen LogP contribution in [0.5, 0.6) is 0 Å². The molecule has 0 spiro atoms. The zero-order valence-corrected chi connectivity index (χ0v) is 21.8. The van der Waals surface area contributed by atoms with Gasteiger partial charge in [-0.1, -0.05) is 0 Å². The average Bonchev–Trinajstić information content (AvgIpc) is 2.80. The van der Waals surface area contributed by atoms with Crippen LogP contribution in [0.25, 0.3) is 0 Å². The fourth-order valence-electron chi connectivity index (χ4n) is 4.39. The van der Waals surface area contributed by atoms with Gasteiger partial charge in [0.05, 0.1) is 0 Å². The number of rotatable bonds is 3. The number of nitrogens with zero attached hydrogens (tertiary/aromatic N) is 4. The van der Waals surface area contributed by atoms with Crippen molar-refractivity contribution in [3.8, 4) is 0 Å². The molecule has 188 valence electrons. The predicted octanol–water partition coefficient (Wildman–Crippen LogP) is 1.08. The van der Waals surface area contributed by atoms with E-state index in [1.54, 1.807) is 13.8 Å². The van der Waals surface area contributed by atoms with Crippen molar-refractivity contribution in [2.24, 2.45) is 0 Å². The van der Waals surface area contributed by atoms with E-state index in [0.717, 1.165) is 57.9 Å². The molecule has 2 N–H and O–H groups in total. The van der Waals surface area contributed by atoms with Gasteiger partial charge in [0, 0.05) is 46.1 Å². The van der Waals surface area contributed by atoms with Gasteiger partial charge in [0.2, 0.25) is 11.8 Å². The van der Waals surface area contributed by atoms with Crippen LogP contribution in [0.15, 0.2) is 0 Å². The number of amides is 2. The van der Waals surface area contributed by atoms with Crippen molar-refractivity contribution >= 4 is 11.8 Å². The van der Waals surface area contributed by atoms with Crippen LogP contribution in [-0.4, -0.2) is 124 Å². The first-order chi connectivity index (χ1) is 15.1. The minimum atomic E-state index is 0.178. The quantitative estimate of drug-likeness (QED) is 0.665. The smallest absolute Gasteiger partial charge is 0.219 e. The molecule has 0 unspecified atom stereocenters. The second-order valence-corrected chi connectivity index (χ2v) is 9.64. The molecule has 0 radical (unpaired) electrons. The van der Waals surface area contributed by atoms with E-state index in [1.165, 1.54) is 25.9 Å². The zero-order valence-electron chi connectivity index (χ0n) is 21.8. The van der Waals surface area contributed by atoms with E-state index in [-0.39, 0.29) is 11.8 Å². The molecular weight excluding hydrogens is 404 g/mol. The van der Waals surface area contributed by atoms with E-state index >= 15 is 0 Å². The average molecular weight is 455 g/mol. The molecule has 0 saturated carbocycles. The fourth-order valence-corrected chi connectivity index (χ4v) is 4.39. The third-order valence-electron chi connectivity index (χ3n) is 7.21. The van der Waals surface area contributed by atoms with Gasteiger partial charge >= 0.3 is 0 Å². The highest BCUT2D eigenvalue weighted by molar-refractivity contribution is 5.73. The summed E-state index contributed by atoms with van der Waals surface area (Å²) in [5.74, 6) is 0.362. The Labute approximate surface area is 197 Å². The first-order valence-electron chi connectivity index (χ1n) is 12.4. The molecule has 0 aliphatic carbocycles. The molecule has 2 amide bonds. The third kappa shape index (κ3) is 11.1. The Morgan fingerprint density at radius 3 is 1.50 bits per heavy atom. The molecule has 8 nitrogen and oxygen atoms in total. The lowest BCUT2D eigenvalue weighted by Gasteiger charge is -2.34. The second-order valence-electron chi connectivity index (χ2n) is 9.64. The van der Waals surface area contributed by atoms with Crippen molar-refractivity contribution in [3.63, 3.8) is 0 Å². The van der Waals surface area contributed by atoms with E-state index in [2.05, 4.69) is 41.6 Å². The molecule has 3 fully saturated rings. The van der Waals surface area contributed by atoms with Crippen molar-refractivity contribution in [2.45, 2.75) is 70.5 Å². The maximum atomic E-state index is 11.0. The topological polar surface area (TPSA) is 71.2 Å². The van der Waals surface area contributed by atoms with Crippen LogP contribution in [0.2, 0.25) is 0 Å². The van der Waals surface area contributed by atoms with E-state index in [1.807, 2.05) is 23.9 Å². The number of hydrogen-bond donors (Lipinski definition) is 2. The largest absolute Gasteiger partial charge is 0.343 e. The minimum Gasteiger partial charge on any atom is -0.343 e. The summed E-state index contributed by atoms with van der Waals surface area (Å²) in [4.78, 5) is 30.4. The van der Waals surface area contributed by atoms with Crippen LogP contribution >= 0.6 is 0 Å². The maximum Gasteiger partial charge on any atom is 0.219 e. The molecule has 0 atom stereocenters. The lowest BCUT2D eigenvalue weighted by Crippen LogP contribution is -2.43. The van der Waals surface area contributed by atoms with Crippen molar-refractivity contribution in [1.82, 2.24) is 30.2 Å². The van der Waals surface area contributed by atoms with E-state index in [9.17, 15) is 9.59 Å². The number of likely N-dealkylation sites (tertiary alicyclic amines) is 2. The summed E-state index contributed by atoms with van der Waals surface area (Å²) in [5, 5.41) is 6.57. The summed E-state index contributed by atoms with van der Waals surface area (Å²) in [6.07, 6.45) is 7.05. The van der Waals surface area contributed by atoms with Crippen LogP contribution in [0, 0.1) is 0 Å². The van der Waals surface area contributed by atoms with E-state index in [4.69, 9.17) is 0 Å². The van der Waals surface area contributed by atoms with Crippen molar-refractivity contribution < 1.29 is 9.59 Å². The molecule has 8 heteroatoms. The van der Waals surface area contributed by atoms with E-state index < -0.39 is 0 Å². The van der Waals surface area contributed by atoms with Gasteiger partial charge in [0.25, 0.3) is 0 Å². The third-order valence-corrected chi connectivity index (χ3v) is 7.21. The van der Waals surface area contributed by atoms with Crippen LogP contribution < -0.4 is 10.6 Å².